The lowest BCUT2D eigenvalue weighted by Crippen LogP contribution is -2.29. The lowest BCUT2D eigenvalue weighted by molar-refractivity contribution is 0.563. The Bertz CT molecular complexity index is 229. The van der Waals surface area contributed by atoms with Crippen molar-refractivity contribution in [2.45, 2.75) is 32.4 Å². The van der Waals surface area contributed by atoms with E-state index in [9.17, 15) is 8.42 Å². The maximum absolute atomic E-state index is 11.4. The van der Waals surface area contributed by atoms with Crippen molar-refractivity contribution in [3.8, 4) is 0 Å². The van der Waals surface area contributed by atoms with Crippen LogP contribution in [0.4, 0.5) is 0 Å². The van der Waals surface area contributed by atoms with Crippen molar-refractivity contribution in [2.75, 3.05) is 5.75 Å². The van der Waals surface area contributed by atoms with Crippen LogP contribution in [0.1, 0.15) is 27.7 Å². The highest BCUT2D eigenvalue weighted by Gasteiger charge is 2.27. The highest BCUT2D eigenvalue weighted by Crippen LogP contribution is 2.15. The predicted molar refractivity (Wildman–Crippen MR) is 48.4 cm³/mol. The van der Waals surface area contributed by atoms with Gasteiger partial charge in [0.05, 0.1) is 10.5 Å². The minimum Gasteiger partial charge on any atom is -0.228 e. The van der Waals surface area contributed by atoms with Gasteiger partial charge in [-0.05, 0) is 27.7 Å². The van der Waals surface area contributed by atoms with E-state index >= 15 is 0 Å². The molecule has 0 heterocycles. The van der Waals surface area contributed by atoms with Crippen molar-refractivity contribution in [3.05, 3.63) is 12.2 Å². The molecule has 0 saturated heterocycles. The molecule has 0 bridgehead atoms. The van der Waals surface area contributed by atoms with Gasteiger partial charge in [0.15, 0.2) is 9.84 Å². The summed E-state index contributed by atoms with van der Waals surface area (Å²) >= 11 is 0. The van der Waals surface area contributed by atoms with E-state index in [4.69, 9.17) is 0 Å². The van der Waals surface area contributed by atoms with Gasteiger partial charge in [-0.3, -0.25) is 0 Å². The highest BCUT2D eigenvalue weighted by atomic mass is 32.2. The summed E-state index contributed by atoms with van der Waals surface area (Å²) in [5.41, 5.74) is 0. The van der Waals surface area contributed by atoms with E-state index < -0.39 is 14.6 Å². The molecule has 3 heteroatoms. The van der Waals surface area contributed by atoms with Crippen molar-refractivity contribution in [1.82, 2.24) is 0 Å². The Kier molecular flexibility index (Phi) is 3.30. The molecule has 0 spiro atoms. The second kappa shape index (κ2) is 3.39. The van der Waals surface area contributed by atoms with Crippen molar-refractivity contribution >= 4 is 9.84 Å². The summed E-state index contributed by atoms with van der Waals surface area (Å²) in [6, 6.07) is 0. The number of allylic oxidation sites excluding steroid dienone is 1. The molecule has 0 aromatic carbocycles. The van der Waals surface area contributed by atoms with Gasteiger partial charge in [0.1, 0.15) is 0 Å². The summed E-state index contributed by atoms with van der Waals surface area (Å²) in [4.78, 5) is 0. The molecule has 0 atom stereocenters. The molecule has 2 nitrogen and oxygen atoms in total. The van der Waals surface area contributed by atoms with E-state index in [2.05, 4.69) is 0 Å². The minimum absolute atomic E-state index is 0.146. The Labute approximate surface area is 69.2 Å². The van der Waals surface area contributed by atoms with Crippen LogP contribution in [0.15, 0.2) is 12.2 Å². The van der Waals surface area contributed by atoms with Crippen LogP contribution < -0.4 is 0 Å². The number of hydrogen-bond acceptors (Lipinski definition) is 2. The summed E-state index contributed by atoms with van der Waals surface area (Å²) in [5, 5.41) is 0. The Morgan fingerprint density at radius 2 is 1.73 bits per heavy atom. The van der Waals surface area contributed by atoms with E-state index in [1.807, 2.05) is 6.92 Å². The van der Waals surface area contributed by atoms with Gasteiger partial charge in [-0.1, -0.05) is 12.2 Å². The van der Waals surface area contributed by atoms with E-state index in [0.717, 1.165) is 0 Å². The average Bonchev–Trinajstić information content (AvgIpc) is 1.81. The highest BCUT2D eigenvalue weighted by molar-refractivity contribution is 7.92. The fourth-order valence-electron chi connectivity index (χ4n) is 0.473. The van der Waals surface area contributed by atoms with Gasteiger partial charge in [-0.15, -0.1) is 0 Å². The standard InChI is InChI=1S/C8H16O2S/c1-5-6-7-11(9,10)8(2,3)4/h5-6H,7H2,1-4H3/b6-5+. The molecular weight excluding hydrogens is 160 g/mol. The van der Waals surface area contributed by atoms with Crippen LogP contribution in [0.2, 0.25) is 0 Å². The zero-order valence-electron chi connectivity index (χ0n) is 7.59. The second-order valence-electron chi connectivity index (χ2n) is 3.46. The smallest absolute Gasteiger partial charge is 0.158 e. The summed E-state index contributed by atoms with van der Waals surface area (Å²) < 4.78 is 22.1. The number of sulfone groups is 1. The maximum Gasteiger partial charge on any atom is 0.158 e. The molecule has 0 saturated carbocycles. The third-order valence-corrected chi connectivity index (χ3v) is 3.98. The molecule has 0 aliphatic heterocycles. The van der Waals surface area contributed by atoms with Crippen LogP contribution in [0.25, 0.3) is 0 Å². The summed E-state index contributed by atoms with van der Waals surface area (Å²) in [6.07, 6.45) is 3.42. The molecule has 0 aliphatic rings. The molecule has 11 heavy (non-hydrogen) atoms. The molecule has 0 fully saturated rings. The van der Waals surface area contributed by atoms with Crippen LogP contribution in [-0.2, 0) is 9.84 Å². The Morgan fingerprint density at radius 3 is 2.00 bits per heavy atom. The van der Waals surface area contributed by atoms with Crippen molar-refractivity contribution in [1.29, 1.82) is 0 Å². The van der Waals surface area contributed by atoms with Gasteiger partial charge in [0.2, 0.25) is 0 Å². The van der Waals surface area contributed by atoms with Gasteiger partial charge < -0.3 is 0 Å². The normalized spacial score (nSPS) is 14.2. The molecule has 0 rings (SSSR count). The average molecular weight is 176 g/mol. The SMILES string of the molecule is C/C=C/CS(=O)(=O)C(C)(C)C. The largest absolute Gasteiger partial charge is 0.228 e. The Morgan fingerprint density at radius 1 is 1.27 bits per heavy atom. The fourth-order valence-corrected chi connectivity index (χ4v) is 1.42. The van der Waals surface area contributed by atoms with E-state index in [1.165, 1.54) is 0 Å². The second-order valence-corrected chi connectivity index (χ2v) is 6.25. The minimum atomic E-state index is -2.95. The van der Waals surface area contributed by atoms with Crippen LogP contribution in [-0.4, -0.2) is 18.9 Å². The van der Waals surface area contributed by atoms with Crippen LogP contribution >= 0.6 is 0 Å². The molecule has 0 aliphatic carbocycles. The van der Waals surface area contributed by atoms with Crippen molar-refractivity contribution in [3.63, 3.8) is 0 Å². The molecular formula is C8H16O2S. The van der Waals surface area contributed by atoms with E-state index in [0.29, 0.717) is 0 Å². The van der Waals surface area contributed by atoms with Gasteiger partial charge in [-0.2, -0.15) is 0 Å². The van der Waals surface area contributed by atoms with Gasteiger partial charge in [0, 0.05) is 0 Å². The zero-order chi connectivity index (χ0) is 9.12. The van der Waals surface area contributed by atoms with Gasteiger partial charge in [0.25, 0.3) is 0 Å². The third kappa shape index (κ3) is 3.06. The van der Waals surface area contributed by atoms with E-state index in [1.54, 1.807) is 32.9 Å². The number of rotatable bonds is 2. The first-order chi connectivity index (χ1) is 4.81. The molecule has 0 unspecified atom stereocenters. The zero-order valence-corrected chi connectivity index (χ0v) is 8.40. The maximum atomic E-state index is 11.4. The lowest BCUT2D eigenvalue weighted by Gasteiger charge is -2.17. The first-order valence-electron chi connectivity index (χ1n) is 3.65. The Hall–Kier alpha value is -0.310. The van der Waals surface area contributed by atoms with Crippen LogP contribution in [0, 0.1) is 0 Å². The van der Waals surface area contributed by atoms with Crippen LogP contribution in [0.5, 0.6) is 0 Å². The van der Waals surface area contributed by atoms with Gasteiger partial charge >= 0.3 is 0 Å². The summed E-state index contributed by atoms with van der Waals surface area (Å²) in [5.74, 6) is 0.146. The first-order valence-corrected chi connectivity index (χ1v) is 5.30. The molecule has 0 aromatic rings. The van der Waals surface area contributed by atoms with Gasteiger partial charge in [-0.25, -0.2) is 8.42 Å². The number of hydrogen-bond donors (Lipinski definition) is 0. The molecule has 0 aromatic heterocycles. The molecule has 0 N–H and O–H groups in total. The van der Waals surface area contributed by atoms with Crippen LogP contribution in [0.3, 0.4) is 0 Å². The predicted octanol–water partition coefficient (Wildman–Crippen LogP) is 1.78. The molecule has 0 amide bonds. The fraction of sp³-hybridized carbons (Fsp3) is 0.750. The van der Waals surface area contributed by atoms with Crippen molar-refractivity contribution in [2.24, 2.45) is 0 Å². The Balaban J connectivity index is 4.50. The first kappa shape index (κ1) is 10.7. The molecule has 66 valence electrons. The monoisotopic (exact) mass is 176 g/mol. The third-order valence-electron chi connectivity index (χ3n) is 1.48. The quantitative estimate of drug-likeness (QED) is 0.601. The lowest BCUT2D eigenvalue weighted by atomic mass is 10.3. The molecule has 0 radical (unpaired) electrons. The summed E-state index contributed by atoms with van der Waals surface area (Å²) in [7, 11) is -2.95. The van der Waals surface area contributed by atoms with E-state index in [-0.39, 0.29) is 5.75 Å². The topological polar surface area (TPSA) is 34.1 Å². The van der Waals surface area contributed by atoms with Crippen molar-refractivity contribution < 1.29 is 8.42 Å². The summed E-state index contributed by atoms with van der Waals surface area (Å²) in [6.45, 7) is 6.96.